The van der Waals surface area contributed by atoms with E-state index in [0.29, 0.717) is 31.6 Å². The molecular weight excluding hydrogens is 382 g/mol. The smallest absolute Gasteiger partial charge is 0.410 e. The van der Waals surface area contributed by atoms with Crippen LogP contribution in [-0.2, 0) is 4.74 Å². The van der Waals surface area contributed by atoms with Gasteiger partial charge < -0.3 is 19.1 Å². The van der Waals surface area contributed by atoms with Gasteiger partial charge in [0.2, 0.25) is 0 Å². The lowest BCUT2D eigenvalue weighted by atomic mass is 10.1. The number of carbonyl (C=O) groups is 1. The van der Waals surface area contributed by atoms with Crippen LogP contribution in [0.25, 0.3) is 0 Å². The van der Waals surface area contributed by atoms with Gasteiger partial charge in [0.15, 0.2) is 0 Å². The number of pyridine rings is 2. The normalized spacial score (nSPS) is 22.8. The number of hydrogen-bond acceptors (Lipinski definition) is 6. The molecule has 0 radical (unpaired) electrons. The van der Waals surface area contributed by atoms with Crippen LogP contribution in [0.4, 0.5) is 4.79 Å². The van der Waals surface area contributed by atoms with Gasteiger partial charge in [-0.2, -0.15) is 0 Å². The number of rotatable bonds is 7. The molecule has 2 aromatic heterocycles. The minimum atomic E-state index is -0.488. The molecule has 1 saturated heterocycles. The first kappa shape index (κ1) is 20.4. The fourth-order valence-corrected chi connectivity index (χ4v) is 3.56. The molecule has 7 nitrogen and oxygen atoms in total. The van der Waals surface area contributed by atoms with Crippen LogP contribution in [0.3, 0.4) is 0 Å². The summed E-state index contributed by atoms with van der Waals surface area (Å²) in [6.07, 6.45) is 8.82. The number of likely N-dealkylation sites (tertiary alicyclic amines) is 1. The molecule has 1 aliphatic heterocycles. The second kappa shape index (κ2) is 8.50. The van der Waals surface area contributed by atoms with Gasteiger partial charge in [0.05, 0.1) is 25.0 Å². The van der Waals surface area contributed by atoms with E-state index >= 15 is 0 Å². The van der Waals surface area contributed by atoms with Crippen molar-refractivity contribution in [2.45, 2.75) is 51.2 Å². The fraction of sp³-hybridized carbons (Fsp3) is 0.522. The highest BCUT2D eigenvalue weighted by atomic mass is 16.6. The van der Waals surface area contributed by atoms with Gasteiger partial charge in [-0.1, -0.05) is 0 Å². The average molecular weight is 412 g/mol. The van der Waals surface area contributed by atoms with E-state index in [2.05, 4.69) is 16.0 Å². The summed E-state index contributed by atoms with van der Waals surface area (Å²) < 4.78 is 17.2. The van der Waals surface area contributed by atoms with Crippen molar-refractivity contribution < 1.29 is 19.0 Å². The van der Waals surface area contributed by atoms with Crippen molar-refractivity contribution in [2.24, 2.45) is 5.92 Å². The molecule has 160 valence electrons. The molecular formula is C23H29N3O4. The number of nitrogens with zero attached hydrogens (tertiary/aromatic N) is 3. The molecule has 1 aliphatic carbocycles. The summed E-state index contributed by atoms with van der Waals surface area (Å²) in [6, 6.07) is 5.89. The van der Waals surface area contributed by atoms with Crippen LogP contribution in [0.1, 0.15) is 45.1 Å². The van der Waals surface area contributed by atoms with Gasteiger partial charge in [-0.3, -0.25) is 9.97 Å². The van der Waals surface area contributed by atoms with Gasteiger partial charge in [0.25, 0.3) is 0 Å². The van der Waals surface area contributed by atoms with Gasteiger partial charge in [-0.05, 0) is 63.3 Å². The summed E-state index contributed by atoms with van der Waals surface area (Å²) in [7, 11) is 0. The molecule has 3 atom stereocenters. The second-order valence-corrected chi connectivity index (χ2v) is 8.98. The largest absolute Gasteiger partial charge is 0.492 e. The Morgan fingerprint density at radius 1 is 1.13 bits per heavy atom. The third kappa shape index (κ3) is 5.20. The number of carbonyl (C=O) groups excluding carboxylic acids is 1. The zero-order chi connectivity index (χ0) is 21.1. The first-order chi connectivity index (χ1) is 14.4. The van der Waals surface area contributed by atoms with Crippen LogP contribution in [0.15, 0.2) is 43.0 Å². The standard InChI is InChI=1S/C23H29N3O4/c1-23(2,3)30-22(27)26-8-6-18(26)15-29-20-9-16(11-25-13-20)21-10-17(21)14-28-19-5-4-7-24-12-19/h4-5,7,9,11-13,17-18,21H,6,8,10,14-15H2,1-3H3/t17-,18-,21+/m0/s1. The number of aromatic nitrogens is 2. The zero-order valence-electron chi connectivity index (χ0n) is 17.8. The van der Waals surface area contributed by atoms with Crippen molar-refractivity contribution in [1.82, 2.24) is 14.9 Å². The summed E-state index contributed by atoms with van der Waals surface area (Å²) in [5, 5.41) is 0. The molecule has 0 aromatic carbocycles. The van der Waals surface area contributed by atoms with Crippen LogP contribution < -0.4 is 9.47 Å². The monoisotopic (exact) mass is 411 g/mol. The van der Waals surface area contributed by atoms with Gasteiger partial charge in [-0.25, -0.2) is 4.79 Å². The van der Waals surface area contributed by atoms with Gasteiger partial charge in [0.1, 0.15) is 23.7 Å². The van der Waals surface area contributed by atoms with Crippen molar-refractivity contribution in [3.05, 3.63) is 48.5 Å². The number of hydrogen-bond donors (Lipinski definition) is 0. The highest BCUT2D eigenvalue weighted by Crippen LogP contribution is 2.47. The molecule has 2 aromatic rings. The molecule has 0 unspecified atom stereocenters. The molecule has 1 amide bonds. The molecule has 7 heteroatoms. The van der Waals surface area contributed by atoms with E-state index in [1.165, 1.54) is 5.56 Å². The summed E-state index contributed by atoms with van der Waals surface area (Å²) in [5.41, 5.74) is 0.683. The Balaban J connectivity index is 1.25. The maximum absolute atomic E-state index is 12.2. The van der Waals surface area contributed by atoms with Crippen LogP contribution in [0, 0.1) is 5.92 Å². The molecule has 0 spiro atoms. The molecule has 2 fully saturated rings. The van der Waals surface area contributed by atoms with Crippen molar-refractivity contribution >= 4 is 6.09 Å². The Hall–Kier alpha value is -2.83. The topological polar surface area (TPSA) is 73.8 Å². The van der Waals surface area contributed by atoms with Crippen molar-refractivity contribution in [2.75, 3.05) is 19.8 Å². The minimum Gasteiger partial charge on any atom is -0.492 e. The van der Waals surface area contributed by atoms with Crippen LogP contribution in [0.5, 0.6) is 11.5 Å². The SMILES string of the molecule is CC(C)(C)OC(=O)N1CC[C@H]1COc1cncc([C@H]2C[C@H]2COc2cccnc2)c1. The fourth-order valence-electron chi connectivity index (χ4n) is 3.56. The molecule has 30 heavy (non-hydrogen) atoms. The van der Waals surface area contributed by atoms with Crippen LogP contribution in [0.2, 0.25) is 0 Å². The van der Waals surface area contributed by atoms with Crippen molar-refractivity contribution in [3.63, 3.8) is 0 Å². The average Bonchev–Trinajstić information content (AvgIpc) is 3.45. The zero-order valence-corrected chi connectivity index (χ0v) is 17.8. The Morgan fingerprint density at radius 3 is 2.63 bits per heavy atom. The van der Waals surface area contributed by atoms with Gasteiger partial charge in [-0.15, -0.1) is 0 Å². The first-order valence-electron chi connectivity index (χ1n) is 10.5. The number of ether oxygens (including phenoxy) is 3. The quantitative estimate of drug-likeness (QED) is 0.684. The Bertz CT molecular complexity index is 868. The summed E-state index contributed by atoms with van der Waals surface area (Å²) >= 11 is 0. The van der Waals surface area contributed by atoms with E-state index < -0.39 is 5.60 Å². The third-order valence-electron chi connectivity index (χ3n) is 5.40. The summed E-state index contributed by atoms with van der Waals surface area (Å²) in [5.74, 6) is 2.46. The van der Waals surface area contributed by atoms with E-state index in [1.54, 1.807) is 23.5 Å². The predicted molar refractivity (Wildman–Crippen MR) is 112 cm³/mol. The Labute approximate surface area is 177 Å². The van der Waals surface area contributed by atoms with E-state index in [1.807, 2.05) is 39.1 Å². The van der Waals surface area contributed by atoms with Crippen molar-refractivity contribution in [3.8, 4) is 11.5 Å². The Morgan fingerprint density at radius 2 is 1.93 bits per heavy atom. The lowest BCUT2D eigenvalue weighted by Gasteiger charge is -2.40. The van der Waals surface area contributed by atoms with E-state index in [-0.39, 0.29) is 12.1 Å². The van der Waals surface area contributed by atoms with Crippen LogP contribution in [-0.4, -0.2) is 52.4 Å². The van der Waals surface area contributed by atoms with Gasteiger partial charge in [0, 0.05) is 24.9 Å². The lowest BCUT2D eigenvalue weighted by molar-refractivity contribution is -0.0141. The minimum absolute atomic E-state index is 0.0464. The summed E-state index contributed by atoms with van der Waals surface area (Å²) in [4.78, 5) is 22.4. The molecule has 1 saturated carbocycles. The third-order valence-corrected chi connectivity index (χ3v) is 5.40. The van der Waals surface area contributed by atoms with Crippen molar-refractivity contribution in [1.29, 1.82) is 0 Å². The predicted octanol–water partition coefficient (Wildman–Crippen LogP) is 4.05. The summed E-state index contributed by atoms with van der Waals surface area (Å²) in [6.45, 7) is 7.46. The van der Waals surface area contributed by atoms with E-state index in [0.717, 1.165) is 24.3 Å². The van der Waals surface area contributed by atoms with Gasteiger partial charge >= 0.3 is 6.09 Å². The van der Waals surface area contributed by atoms with E-state index in [4.69, 9.17) is 14.2 Å². The molecule has 3 heterocycles. The molecule has 0 bridgehead atoms. The maximum atomic E-state index is 12.2. The lowest BCUT2D eigenvalue weighted by Crippen LogP contribution is -2.55. The maximum Gasteiger partial charge on any atom is 0.410 e. The number of amides is 1. The highest BCUT2D eigenvalue weighted by molar-refractivity contribution is 5.69. The second-order valence-electron chi connectivity index (χ2n) is 8.98. The highest BCUT2D eigenvalue weighted by Gasteiger charge is 2.39. The van der Waals surface area contributed by atoms with E-state index in [9.17, 15) is 4.79 Å². The molecule has 0 N–H and O–H groups in total. The molecule has 4 rings (SSSR count). The molecule has 2 aliphatic rings. The Kier molecular flexibility index (Phi) is 5.79. The first-order valence-corrected chi connectivity index (χ1v) is 10.5. The van der Waals surface area contributed by atoms with Crippen LogP contribution >= 0.6 is 0 Å².